The third-order valence-corrected chi connectivity index (χ3v) is 6.13. The standard InChI is InChI=1S/C25H27N5OS/c1-15(2)22(23-28-20-11-7-8-12-21(20)29-23)30-24(31)19-10-6-5-9-18(19)14-32-25-26-16(3)13-17(4)27-25/h5-13,15,22H,14H2,1-4H3,(H,28,29)(H,30,31)/t22-/m1/s1. The summed E-state index contributed by atoms with van der Waals surface area (Å²) in [5, 5.41) is 3.92. The molecule has 6 nitrogen and oxygen atoms in total. The first-order valence-corrected chi connectivity index (χ1v) is 11.7. The number of aromatic amines is 1. The third-order valence-electron chi connectivity index (χ3n) is 5.24. The molecule has 32 heavy (non-hydrogen) atoms. The van der Waals surface area contributed by atoms with Crippen LogP contribution in [0, 0.1) is 19.8 Å². The lowest BCUT2D eigenvalue weighted by Gasteiger charge is -2.21. The van der Waals surface area contributed by atoms with Gasteiger partial charge >= 0.3 is 0 Å². The Morgan fingerprint density at radius 3 is 2.41 bits per heavy atom. The number of nitrogens with one attached hydrogen (secondary N) is 2. The van der Waals surface area contributed by atoms with Gasteiger partial charge in [-0.05, 0) is 49.6 Å². The number of aryl methyl sites for hydroxylation is 2. The van der Waals surface area contributed by atoms with E-state index >= 15 is 0 Å². The lowest BCUT2D eigenvalue weighted by molar-refractivity contribution is 0.0922. The number of hydrogen-bond acceptors (Lipinski definition) is 5. The van der Waals surface area contributed by atoms with Crippen molar-refractivity contribution >= 4 is 28.7 Å². The maximum absolute atomic E-state index is 13.3. The van der Waals surface area contributed by atoms with Crippen molar-refractivity contribution in [2.75, 3.05) is 0 Å². The summed E-state index contributed by atoms with van der Waals surface area (Å²) in [5.41, 5.74) is 5.35. The minimum absolute atomic E-state index is 0.110. The number of hydrogen-bond donors (Lipinski definition) is 2. The Morgan fingerprint density at radius 2 is 1.69 bits per heavy atom. The van der Waals surface area contributed by atoms with Crippen LogP contribution in [0.2, 0.25) is 0 Å². The maximum atomic E-state index is 13.3. The second kappa shape index (κ2) is 9.53. The molecular weight excluding hydrogens is 418 g/mol. The Labute approximate surface area is 192 Å². The van der Waals surface area contributed by atoms with Gasteiger partial charge in [-0.3, -0.25) is 4.79 Å². The number of nitrogens with zero attached hydrogens (tertiary/aromatic N) is 3. The molecule has 0 bridgehead atoms. The number of benzene rings is 2. The summed E-state index contributed by atoms with van der Waals surface area (Å²) in [5.74, 6) is 1.44. The summed E-state index contributed by atoms with van der Waals surface area (Å²) in [7, 11) is 0. The molecule has 0 saturated heterocycles. The number of carbonyl (C=O) groups is 1. The van der Waals surface area contributed by atoms with Crippen molar-refractivity contribution in [2.24, 2.45) is 5.92 Å². The predicted octanol–water partition coefficient (Wildman–Crippen LogP) is 5.39. The molecule has 0 aliphatic carbocycles. The highest BCUT2D eigenvalue weighted by atomic mass is 32.2. The van der Waals surface area contributed by atoms with E-state index in [1.165, 1.54) is 11.8 Å². The lowest BCUT2D eigenvalue weighted by Crippen LogP contribution is -2.33. The maximum Gasteiger partial charge on any atom is 0.252 e. The fourth-order valence-electron chi connectivity index (χ4n) is 3.66. The first kappa shape index (κ1) is 22.0. The van der Waals surface area contributed by atoms with Gasteiger partial charge in [0.15, 0.2) is 5.16 Å². The zero-order valence-electron chi connectivity index (χ0n) is 18.7. The van der Waals surface area contributed by atoms with Gasteiger partial charge in [0, 0.05) is 22.7 Å². The Balaban J connectivity index is 1.54. The first-order valence-electron chi connectivity index (χ1n) is 10.7. The Kier molecular flexibility index (Phi) is 6.55. The molecule has 164 valence electrons. The SMILES string of the molecule is Cc1cc(C)nc(SCc2ccccc2C(=O)N[C@@H](c2nc3ccccc3[nH]2)C(C)C)n1. The molecule has 1 amide bonds. The van der Waals surface area contributed by atoms with Crippen LogP contribution in [0.3, 0.4) is 0 Å². The summed E-state index contributed by atoms with van der Waals surface area (Å²) < 4.78 is 0. The van der Waals surface area contributed by atoms with Gasteiger partial charge in [0.25, 0.3) is 5.91 Å². The van der Waals surface area contributed by atoms with Crippen LogP contribution in [0.1, 0.15) is 53.0 Å². The van der Waals surface area contributed by atoms with E-state index < -0.39 is 0 Å². The predicted molar refractivity (Wildman–Crippen MR) is 129 cm³/mol. The minimum atomic E-state index is -0.224. The van der Waals surface area contributed by atoms with E-state index in [-0.39, 0.29) is 17.9 Å². The number of rotatable bonds is 7. The smallest absolute Gasteiger partial charge is 0.252 e. The highest BCUT2D eigenvalue weighted by Gasteiger charge is 2.23. The van der Waals surface area contributed by atoms with Crippen molar-refractivity contribution in [1.82, 2.24) is 25.3 Å². The fraction of sp³-hybridized carbons (Fsp3) is 0.280. The van der Waals surface area contributed by atoms with Crippen LogP contribution in [0.4, 0.5) is 0 Å². The Hall–Kier alpha value is -3.19. The molecule has 2 N–H and O–H groups in total. The number of amides is 1. The van der Waals surface area contributed by atoms with Gasteiger partial charge in [-0.25, -0.2) is 15.0 Å². The summed E-state index contributed by atoms with van der Waals surface area (Å²) in [6.45, 7) is 8.09. The molecule has 0 aliphatic rings. The summed E-state index contributed by atoms with van der Waals surface area (Å²) in [6.07, 6.45) is 0. The second-order valence-corrected chi connectivity index (χ2v) is 9.16. The van der Waals surface area contributed by atoms with Crippen LogP contribution in [0.15, 0.2) is 59.8 Å². The van der Waals surface area contributed by atoms with Gasteiger partial charge in [0.2, 0.25) is 0 Å². The number of thioether (sulfide) groups is 1. The zero-order valence-corrected chi connectivity index (χ0v) is 19.5. The van der Waals surface area contributed by atoms with Crippen LogP contribution in [0.5, 0.6) is 0 Å². The third kappa shape index (κ3) is 4.99. The van der Waals surface area contributed by atoms with E-state index in [2.05, 4.69) is 34.1 Å². The molecule has 4 aromatic rings. The molecule has 0 spiro atoms. The first-order chi connectivity index (χ1) is 15.4. The number of para-hydroxylation sites is 2. The summed E-state index contributed by atoms with van der Waals surface area (Å²) in [6, 6.07) is 17.3. The molecule has 2 heterocycles. The molecule has 0 fully saturated rings. The zero-order chi connectivity index (χ0) is 22.7. The molecule has 1 atom stereocenters. The molecule has 0 unspecified atom stereocenters. The number of fused-ring (bicyclic) bond motifs is 1. The van der Waals surface area contributed by atoms with E-state index in [0.717, 1.165) is 39.0 Å². The van der Waals surface area contributed by atoms with Crippen molar-refractivity contribution < 1.29 is 4.79 Å². The van der Waals surface area contributed by atoms with E-state index in [9.17, 15) is 4.79 Å². The number of carbonyl (C=O) groups excluding carboxylic acids is 1. The van der Waals surface area contributed by atoms with Crippen molar-refractivity contribution in [3.05, 3.63) is 82.9 Å². The molecule has 0 radical (unpaired) electrons. The van der Waals surface area contributed by atoms with E-state index in [0.29, 0.717) is 11.3 Å². The molecular formula is C25H27N5OS. The average molecular weight is 446 g/mol. The lowest BCUT2D eigenvalue weighted by atomic mass is 10.0. The molecule has 2 aromatic carbocycles. The van der Waals surface area contributed by atoms with Crippen LogP contribution in [-0.4, -0.2) is 25.8 Å². The van der Waals surface area contributed by atoms with E-state index in [1.54, 1.807) is 0 Å². The molecule has 4 rings (SSSR count). The van der Waals surface area contributed by atoms with Gasteiger partial charge in [-0.1, -0.05) is 55.9 Å². The van der Waals surface area contributed by atoms with Gasteiger partial charge in [0.1, 0.15) is 5.82 Å². The summed E-state index contributed by atoms with van der Waals surface area (Å²) >= 11 is 1.54. The topological polar surface area (TPSA) is 83.6 Å². The van der Waals surface area contributed by atoms with Crippen LogP contribution < -0.4 is 5.32 Å². The van der Waals surface area contributed by atoms with Crippen molar-refractivity contribution in [1.29, 1.82) is 0 Å². The number of H-pyrrole nitrogens is 1. The van der Waals surface area contributed by atoms with Crippen LogP contribution in [0.25, 0.3) is 11.0 Å². The second-order valence-electron chi connectivity index (χ2n) is 8.21. The van der Waals surface area contributed by atoms with Crippen LogP contribution >= 0.6 is 11.8 Å². The highest BCUT2D eigenvalue weighted by Crippen LogP contribution is 2.25. The Bertz CT molecular complexity index is 1200. The van der Waals surface area contributed by atoms with Gasteiger partial charge in [-0.15, -0.1) is 0 Å². The average Bonchev–Trinajstić information content (AvgIpc) is 3.19. The van der Waals surface area contributed by atoms with Crippen molar-refractivity contribution in [3.63, 3.8) is 0 Å². The van der Waals surface area contributed by atoms with Crippen molar-refractivity contribution in [2.45, 2.75) is 44.6 Å². The normalized spacial score (nSPS) is 12.3. The quantitative estimate of drug-likeness (QED) is 0.294. The van der Waals surface area contributed by atoms with Gasteiger partial charge in [-0.2, -0.15) is 0 Å². The molecule has 7 heteroatoms. The van der Waals surface area contributed by atoms with E-state index in [1.807, 2.05) is 68.4 Å². The number of imidazole rings is 1. The molecule has 0 aliphatic heterocycles. The minimum Gasteiger partial charge on any atom is -0.342 e. The largest absolute Gasteiger partial charge is 0.342 e. The van der Waals surface area contributed by atoms with E-state index in [4.69, 9.17) is 4.98 Å². The Morgan fingerprint density at radius 1 is 1.00 bits per heavy atom. The summed E-state index contributed by atoms with van der Waals surface area (Å²) in [4.78, 5) is 30.3. The number of aromatic nitrogens is 4. The van der Waals surface area contributed by atoms with Crippen molar-refractivity contribution in [3.8, 4) is 0 Å². The fourth-order valence-corrected chi connectivity index (χ4v) is 4.61. The monoisotopic (exact) mass is 445 g/mol. The molecule has 0 saturated carbocycles. The van der Waals surface area contributed by atoms with Gasteiger partial charge in [0.05, 0.1) is 17.1 Å². The molecule has 2 aromatic heterocycles. The van der Waals surface area contributed by atoms with Crippen LogP contribution in [-0.2, 0) is 5.75 Å². The van der Waals surface area contributed by atoms with Gasteiger partial charge < -0.3 is 10.3 Å². The highest BCUT2D eigenvalue weighted by molar-refractivity contribution is 7.98.